The number of rotatable bonds is 3. The van der Waals surface area contributed by atoms with Gasteiger partial charge in [0, 0.05) is 25.5 Å². The molecule has 0 atom stereocenters. The van der Waals surface area contributed by atoms with Crippen LogP contribution < -0.4 is 20.8 Å². The third kappa shape index (κ3) is 2.27. The molecule has 0 fully saturated rings. The van der Waals surface area contributed by atoms with Crippen LogP contribution in [0.4, 0.5) is 5.69 Å². The molecule has 94 valence electrons. The van der Waals surface area contributed by atoms with E-state index in [1.54, 1.807) is 31.4 Å². The van der Waals surface area contributed by atoms with Crippen LogP contribution in [0.15, 0.2) is 35.4 Å². The van der Waals surface area contributed by atoms with Gasteiger partial charge in [0.05, 0.1) is 12.8 Å². The summed E-state index contributed by atoms with van der Waals surface area (Å²) in [5.74, 6) is 0.900. The molecule has 1 aromatic carbocycles. The van der Waals surface area contributed by atoms with Crippen molar-refractivity contribution in [2.24, 2.45) is 7.05 Å². The van der Waals surface area contributed by atoms with E-state index in [0.717, 1.165) is 0 Å². The summed E-state index contributed by atoms with van der Waals surface area (Å²) in [4.78, 5) is 15.6. The van der Waals surface area contributed by atoms with E-state index in [1.165, 1.54) is 17.9 Å². The van der Waals surface area contributed by atoms with Crippen molar-refractivity contribution in [1.82, 2.24) is 9.55 Å². The molecule has 2 aromatic rings. The highest BCUT2D eigenvalue weighted by Gasteiger charge is 2.09. The zero-order chi connectivity index (χ0) is 13.1. The lowest BCUT2D eigenvalue weighted by molar-refractivity contribution is 0.406. The van der Waals surface area contributed by atoms with Gasteiger partial charge >= 0.3 is 5.56 Å². The number of nitrogens with zero attached hydrogens (tertiary/aromatic N) is 2. The maximum absolute atomic E-state index is 11.7. The number of hydrogen-bond acceptors (Lipinski definition) is 5. The summed E-state index contributed by atoms with van der Waals surface area (Å²) in [5.41, 5.74) is 5.84. The van der Waals surface area contributed by atoms with Crippen molar-refractivity contribution in [2.75, 3.05) is 12.8 Å². The van der Waals surface area contributed by atoms with Gasteiger partial charge in [0.15, 0.2) is 5.75 Å². The number of anilines is 1. The van der Waals surface area contributed by atoms with Gasteiger partial charge in [0.2, 0.25) is 0 Å². The van der Waals surface area contributed by atoms with Gasteiger partial charge in [-0.2, -0.15) is 0 Å². The van der Waals surface area contributed by atoms with E-state index in [-0.39, 0.29) is 11.4 Å². The lowest BCUT2D eigenvalue weighted by Crippen LogP contribution is -2.18. The molecule has 0 radical (unpaired) electrons. The second-order valence-corrected chi connectivity index (χ2v) is 3.65. The molecule has 1 heterocycles. The first-order valence-electron chi connectivity index (χ1n) is 5.25. The van der Waals surface area contributed by atoms with Crippen LogP contribution in [0.5, 0.6) is 17.4 Å². The predicted octanol–water partition coefficient (Wildman–Crippen LogP) is 1.16. The predicted molar refractivity (Wildman–Crippen MR) is 67.0 cm³/mol. The van der Waals surface area contributed by atoms with Gasteiger partial charge < -0.3 is 19.8 Å². The maximum Gasteiger partial charge on any atom is 0.313 e. The molecular formula is C12H13N3O3. The monoisotopic (exact) mass is 247 g/mol. The molecule has 0 unspecified atom stereocenters. The van der Waals surface area contributed by atoms with E-state index >= 15 is 0 Å². The van der Waals surface area contributed by atoms with Gasteiger partial charge in [-0.3, -0.25) is 4.79 Å². The van der Waals surface area contributed by atoms with Crippen molar-refractivity contribution in [1.29, 1.82) is 0 Å². The highest BCUT2D eigenvalue weighted by atomic mass is 16.5. The number of nitrogens with two attached hydrogens (primary N) is 1. The third-order valence-corrected chi connectivity index (χ3v) is 2.41. The van der Waals surface area contributed by atoms with E-state index in [9.17, 15) is 4.79 Å². The van der Waals surface area contributed by atoms with Crippen LogP contribution >= 0.6 is 0 Å². The summed E-state index contributed by atoms with van der Waals surface area (Å²) < 4.78 is 11.8. The molecule has 6 heteroatoms. The molecule has 18 heavy (non-hydrogen) atoms. The second kappa shape index (κ2) is 4.79. The highest BCUT2D eigenvalue weighted by Crippen LogP contribution is 2.29. The van der Waals surface area contributed by atoms with Crippen LogP contribution in [-0.4, -0.2) is 16.7 Å². The fourth-order valence-electron chi connectivity index (χ4n) is 1.38. The molecule has 0 amide bonds. The Bertz CT molecular complexity index is 622. The van der Waals surface area contributed by atoms with Crippen LogP contribution in [0.3, 0.4) is 0 Å². The minimum atomic E-state index is -0.334. The smallest absolute Gasteiger partial charge is 0.313 e. The fourth-order valence-corrected chi connectivity index (χ4v) is 1.38. The zero-order valence-electron chi connectivity index (χ0n) is 10.1. The lowest BCUT2D eigenvalue weighted by Gasteiger charge is -2.09. The van der Waals surface area contributed by atoms with Gasteiger partial charge in [-0.05, 0) is 12.1 Å². The van der Waals surface area contributed by atoms with Crippen LogP contribution in [0, 0.1) is 0 Å². The first kappa shape index (κ1) is 12.0. The van der Waals surface area contributed by atoms with Crippen LogP contribution in [0.2, 0.25) is 0 Å². The molecular weight excluding hydrogens is 234 g/mol. The molecule has 0 saturated carbocycles. The van der Waals surface area contributed by atoms with Crippen molar-refractivity contribution in [2.45, 2.75) is 0 Å². The van der Waals surface area contributed by atoms with Gasteiger partial charge in [0.25, 0.3) is 5.88 Å². The molecule has 2 rings (SSSR count). The summed E-state index contributed by atoms with van der Waals surface area (Å²) >= 11 is 0. The van der Waals surface area contributed by atoms with Gasteiger partial charge in [-0.15, -0.1) is 0 Å². The number of nitrogen functional groups attached to an aromatic ring is 1. The van der Waals surface area contributed by atoms with E-state index in [2.05, 4.69) is 4.98 Å². The van der Waals surface area contributed by atoms with E-state index in [1.807, 2.05) is 0 Å². The number of aromatic nitrogens is 2. The average molecular weight is 247 g/mol. The number of hydrogen-bond donors (Lipinski definition) is 1. The Balaban J connectivity index is 2.39. The molecule has 2 N–H and O–H groups in total. The largest absolute Gasteiger partial charge is 0.497 e. The summed E-state index contributed by atoms with van der Waals surface area (Å²) in [6.07, 6.45) is 3.03. The number of benzene rings is 1. The minimum Gasteiger partial charge on any atom is -0.497 e. The first-order valence-corrected chi connectivity index (χ1v) is 5.25. The van der Waals surface area contributed by atoms with Crippen LogP contribution in [0.1, 0.15) is 0 Å². The average Bonchev–Trinajstić information content (AvgIpc) is 2.37. The van der Waals surface area contributed by atoms with Crippen molar-refractivity contribution < 1.29 is 9.47 Å². The Morgan fingerprint density at radius 2 is 2.17 bits per heavy atom. The fraction of sp³-hybridized carbons (Fsp3) is 0.167. The Morgan fingerprint density at radius 3 is 2.89 bits per heavy atom. The van der Waals surface area contributed by atoms with Crippen molar-refractivity contribution in [3.8, 4) is 17.4 Å². The normalized spacial score (nSPS) is 10.1. The van der Waals surface area contributed by atoms with Gasteiger partial charge in [0.1, 0.15) is 5.75 Å². The molecule has 1 aromatic heterocycles. The molecule has 0 bridgehead atoms. The van der Waals surface area contributed by atoms with Crippen LogP contribution in [0.25, 0.3) is 0 Å². The zero-order valence-corrected chi connectivity index (χ0v) is 10.1. The molecule has 0 aliphatic carbocycles. The van der Waals surface area contributed by atoms with Crippen LogP contribution in [-0.2, 0) is 7.05 Å². The Morgan fingerprint density at radius 1 is 1.39 bits per heavy atom. The summed E-state index contributed by atoms with van der Waals surface area (Å²) in [7, 11) is 3.15. The number of aryl methyl sites for hydroxylation is 1. The quantitative estimate of drug-likeness (QED) is 0.823. The van der Waals surface area contributed by atoms with Gasteiger partial charge in [-0.1, -0.05) is 0 Å². The van der Waals surface area contributed by atoms with Crippen molar-refractivity contribution >= 4 is 5.69 Å². The SMILES string of the molecule is COc1ccc(N)c(Oc2nccn(C)c2=O)c1. The maximum atomic E-state index is 11.7. The standard InChI is InChI=1S/C12H13N3O3/c1-15-6-5-14-11(12(15)16)18-10-7-8(17-2)3-4-9(10)13/h3-7H,13H2,1-2H3. The molecule has 6 nitrogen and oxygen atoms in total. The second-order valence-electron chi connectivity index (χ2n) is 3.65. The summed E-state index contributed by atoms with van der Waals surface area (Å²) in [6.45, 7) is 0. The number of ether oxygens (including phenoxy) is 2. The number of methoxy groups -OCH3 is 1. The molecule has 0 spiro atoms. The molecule has 0 aliphatic rings. The topological polar surface area (TPSA) is 79.4 Å². The van der Waals surface area contributed by atoms with E-state index in [0.29, 0.717) is 17.2 Å². The minimum absolute atomic E-state index is 0.0278. The highest BCUT2D eigenvalue weighted by molar-refractivity contribution is 5.56. The van der Waals surface area contributed by atoms with Crippen molar-refractivity contribution in [3.63, 3.8) is 0 Å². The Labute approximate surface area is 104 Å². The summed E-state index contributed by atoms with van der Waals surface area (Å²) in [6, 6.07) is 4.95. The molecule has 0 aliphatic heterocycles. The van der Waals surface area contributed by atoms with E-state index in [4.69, 9.17) is 15.2 Å². The molecule has 0 saturated heterocycles. The Kier molecular flexibility index (Phi) is 3.18. The first-order chi connectivity index (χ1) is 8.61. The summed E-state index contributed by atoms with van der Waals surface area (Å²) in [5, 5.41) is 0. The third-order valence-electron chi connectivity index (χ3n) is 2.41. The Hall–Kier alpha value is -2.50. The van der Waals surface area contributed by atoms with Gasteiger partial charge in [-0.25, -0.2) is 4.98 Å². The lowest BCUT2D eigenvalue weighted by atomic mass is 10.3. The van der Waals surface area contributed by atoms with E-state index < -0.39 is 0 Å². The van der Waals surface area contributed by atoms with Crippen molar-refractivity contribution in [3.05, 3.63) is 40.9 Å².